The number of hydrogen-bond donors (Lipinski definition) is 1. The summed E-state index contributed by atoms with van der Waals surface area (Å²) in [7, 11) is 0. The van der Waals surface area contributed by atoms with Crippen molar-refractivity contribution in [1.29, 1.82) is 0 Å². The Bertz CT molecular complexity index is 1820. The monoisotopic (exact) mass is 477 g/mol. The van der Waals surface area contributed by atoms with Crippen molar-refractivity contribution in [2.75, 3.05) is 0 Å². The molecule has 0 atom stereocenters. The van der Waals surface area contributed by atoms with Crippen LogP contribution in [0.5, 0.6) is 0 Å². The van der Waals surface area contributed by atoms with Crippen molar-refractivity contribution in [2.24, 2.45) is 5.73 Å². The molecular formula is C34H27N3. The van der Waals surface area contributed by atoms with Crippen LogP contribution in [0.4, 0.5) is 0 Å². The van der Waals surface area contributed by atoms with Crippen LogP contribution >= 0.6 is 0 Å². The number of allylic oxidation sites excluding steroid dienone is 1. The quantitative estimate of drug-likeness (QED) is 0.280. The maximum atomic E-state index is 5.96. The number of para-hydroxylation sites is 1. The number of hydrogen-bond acceptors (Lipinski definition) is 2. The molecule has 0 spiro atoms. The largest absolute Gasteiger partial charge is 0.326 e. The molecule has 6 aromatic rings. The lowest BCUT2D eigenvalue weighted by molar-refractivity contribution is 0.889. The van der Waals surface area contributed by atoms with Crippen LogP contribution in [0, 0.1) is 0 Å². The van der Waals surface area contributed by atoms with Gasteiger partial charge in [-0.15, -0.1) is 0 Å². The molecule has 2 N–H and O–H groups in total. The Kier molecular flexibility index (Phi) is 5.23. The average Bonchev–Trinajstić information content (AvgIpc) is 3.31. The Balaban J connectivity index is 1.45. The van der Waals surface area contributed by atoms with Crippen LogP contribution < -0.4 is 5.73 Å². The summed E-state index contributed by atoms with van der Waals surface area (Å²) in [6.45, 7) is 0.524. The van der Waals surface area contributed by atoms with Crippen LogP contribution in [0.2, 0.25) is 0 Å². The number of rotatable bonds is 4. The van der Waals surface area contributed by atoms with Gasteiger partial charge in [0.2, 0.25) is 0 Å². The van der Waals surface area contributed by atoms with Gasteiger partial charge in [-0.1, -0.05) is 72.8 Å². The SMILES string of the molecule is NCc1cccc(-c2ccnc3cccc(-c4cccc(-n5c6c(c7ccccc75)C=CCC6)c4)c23)c1. The molecule has 4 aromatic carbocycles. The Morgan fingerprint density at radius 1 is 0.784 bits per heavy atom. The van der Waals surface area contributed by atoms with E-state index >= 15 is 0 Å². The molecule has 0 amide bonds. The molecule has 3 nitrogen and oxygen atoms in total. The van der Waals surface area contributed by atoms with E-state index in [1.807, 2.05) is 6.20 Å². The predicted octanol–water partition coefficient (Wildman–Crippen LogP) is 7.93. The van der Waals surface area contributed by atoms with Crippen molar-refractivity contribution >= 4 is 27.9 Å². The van der Waals surface area contributed by atoms with Crippen molar-refractivity contribution in [3.8, 4) is 27.9 Å². The highest BCUT2D eigenvalue weighted by Crippen LogP contribution is 2.38. The van der Waals surface area contributed by atoms with E-state index in [1.54, 1.807) is 0 Å². The Hall–Kier alpha value is -4.47. The van der Waals surface area contributed by atoms with Gasteiger partial charge in [-0.2, -0.15) is 0 Å². The first kappa shape index (κ1) is 21.8. The molecule has 1 aliphatic carbocycles. The summed E-state index contributed by atoms with van der Waals surface area (Å²) in [4.78, 5) is 4.73. The van der Waals surface area contributed by atoms with Gasteiger partial charge in [-0.3, -0.25) is 4.98 Å². The zero-order valence-corrected chi connectivity index (χ0v) is 20.6. The molecule has 178 valence electrons. The lowest BCUT2D eigenvalue weighted by Crippen LogP contribution is -2.03. The standard InChI is InChI=1S/C34H27N3/c35-22-23-8-5-9-24(20-23)28-18-19-36-31-15-7-14-27(34(28)31)25-10-6-11-26(21-25)37-32-16-3-1-12-29(32)30-13-2-4-17-33(30)37/h1-3,5-16,18-21H,4,17,22,35H2. The van der Waals surface area contributed by atoms with Gasteiger partial charge >= 0.3 is 0 Å². The van der Waals surface area contributed by atoms with E-state index in [0.717, 1.165) is 29.5 Å². The summed E-state index contributed by atoms with van der Waals surface area (Å²) < 4.78 is 2.45. The van der Waals surface area contributed by atoms with Crippen LogP contribution in [0.15, 0.2) is 109 Å². The molecule has 0 aliphatic heterocycles. The number of benzene rings is 4. The van der Waals surface area contributed by atoms with E-state index in [0.29, 0.717) is 6.54 Å². The van der Waals surface area contributed by atoms with Gasteiger partial charge in [0, 0.05) is 40.5 Å². The summed E-state index contributed by atoms with van der Waals surface area (Å²) in [5.41, 5.74) is 18.0. The van der Waals surface area contributed by atoms with Crippen LogP contribution in [0.25, 0.3) is 55.8 Å². The fourth-order valence-electron chi connectivity index (χ4n) is 5.83. The van der Waals surface area contributed by atoms with Crippen molar-refractivity contribution in [2.45, 2.75) is 19.4 Å². The molecule has 0 bridgehead atoms. The molecule has 0 unspecified atom stereocenters. The molecule has 0 radical (unpaired) electrons. The van der Waals surface area contributed by atoms with Crippen molar-refractivity contribution in [1.82, 2.24) is 9.55 Å². The normalized spacial score (nSPS) is 12.8. The van der Waals surface area contributed by atoms with Crippen LogP contribution in [-0.2, 0) is 13.0 Å². The Morgan fingerprint density at radius 3 is 2.51 bits per heavy atom. The molecule has 3 heteroatoms. The number of pyridine rings is 1. The molecule has 0 saturated carbocycles. The fourth-order valence-corrected chi connectivity index (χ4v) is 5.83. The lowest BCUT2D eigenvalue weighted by atomic mass is 9.93. The van der Waals surface area contributed by atoms with Crippen molar-refractivity contribution < 1.29 is 0 Å². The molecule has 2 aromatic heterocycles. The molecule has 0 saturated heterocycles. The van der Waals surface area contributed by atoms with E-state index in [-0.39, 0.29) is 0 Å². The fraction of sp³-hybridized carbons (Fsp3) is 0.0882. The number of nitrogens with zero attached hydrogens (tertiary/aromatic N) is 2. The van der Waals surface area contributed by atoms with Gasteiger partial charge < -0.3 is 10.3 Å². The van der Waals surface area contributed by atoms with Gasteiger partial charge in [0.05, 0.1) is 11.0 Å². The Labute approximate surface area is 216 Å². The third kappa shape index (κ3) is 3.59. The van der Waals surface area contributed by atoms with E-state index in [4.69, 9.17) is 10.7 Å². The highest BCUT2D eigenvalue weighted by atomic mass is 15.0. The van der Waals surface area contributed by atoms with Crippen molar-refractivity contribution in [3.05, 3.63) is 126 Å². The summed E-state index contributed by atoms with van der Waals surface area (Å²) in [5.74, 6) is 0. The smallest absolute Gasteiger partial charge is 0.0714 e. The third-order valence-corrected chi connectivity index (χ3v) is 7.50. The maximum Gasteiger partial charge on any atom is 0.0714 e. The Morgan fingerprint density at radius 2 is 1.59 bits per heavy atom. The minimum absolute atomic E-state index is 0.524. The summed E-state index contributed by atoms with van der Waals surface area (Å²) >= 11 is 0. The molecule has 1 aliphatic rings. The van der Waals surface area contributed by atoms with Gasteiger partial charge in [0.15, 0.2) is 0 Å². The van der Waals surface area contributed by atoms with E-state index in [1.165, 1.54) is 49.9 Å². The second kappa shape index (κ2) is 8.88. The average molecular weight is 478 g/mol. The minimum atomic E-state index is 0.524. The summed E-state index contributed by atoms with van der Waals surface area (Å²) in [5, 5.41) is 2.48. The topological polar surface area (TPSA) is 43.8 Å². The first-order valence-electron chi connectivity index (χ1n) is 12.9. The van der Waals surface area contributed by atoms with Gasteiger partial charge in [-0.25, -0.2) is 0 Å². The van der Waals surface area contributed by atoms with Crippen LogP contribution in [-0.4, -0.2) is 9.55 Å². The molecular weight excluding hydrogens is 450 g/mol. The second-order valence-electron chi connectivity index (χ2n) is 9.67. The molecule has 0 fully saturated rings. The van der Waals surface area contributed by atoms with Crippen LogP contribution in [0.1, 0.15) is 23.2 Å². The molecule has 2 heterocycles. The zero-order valence-electron chi connectivity index (χ0n) is 20.6. The first-order valence-corrected chi connectivity index (χ1v) is 12.9. The molecule has 7 rings (SSSR count). The highest BCUT2D eigenvalue weighted by Gasteiger charge is 2.19. The first-order chi connectivity index (χ1) is 18.3. The van der Waals surface area contributed by atoms with E-state index in [2.05, 4.69) is 114 Å². The van der Waals surface area contributed by atoms with Crippen molar-refractivity contribution in [3.63, 3.8) is 0 Å². The number of nitrogens with two attached hydrogens (primary N) is 1. The zero-order chi connectivity index (χ0) is 24.8. The lowest BCUT2D eigenvalue weighted by Gasteiger charge is -2.16. The number of fused-ring (bicyclic) bond motifs is 4. The predicted molar refractivity (Wildman–Crippen MR) is 155 cm³/mol. The van der Waals surface area contributed by atoms with E-state index < -0.39 is 0 Å². The molecule has 37 heavy (non-hydrogen) atoms. The summed E-state index contributed by atoms with van der Waals surface area (Å²) in [6.07, 6.45) is 8.60. The van der Waals surface area contributed by atoms with Gasteiger partial charge in [-0.05, 0) is 77.1 Å². The van der Waals surface area contributed by atoms with Crippen LogP contribution in [0.3, 0.4) is 0 Å². The summed E-state index contributed by atoms with van der Waals surface area (Å²) in [6, 6.07) is 34.7. The number of aromatic nitrogens is 2. The second-order valence-corrected chi connectivity index (χ2v) is 9.67. The van der Waals surface area contributed by atoms with Gasteiger partial charge in [0.25, 0.3) is 0 Å². The van der Waals surface area contributed by atoms with Gasteiger partial charge in [0.1, 0.15) is 0 Å². The highest BCUT2D eigenvalue weighted by molar-refractivity contribution is 6.05. The third-order valence-electron chi connectivity index (χ3n) is 7.50. The maximum absolute atomic E-state index is 5.96. The minimum Gasteiger partial charge on any atom is -0.326 e. The van der Waals surface area contributed by atoms with E-state index in [9.17, 15) is 0 Å².